The van der Waals surface area contributed by atoms with Crippen LogP contribution < -0.4 is 14.2 Å². The normalized spacial score (nSPS) is 16.9. The van der Waals surface area contributed by atoms with Gasteiger partial charge in [-0.2, -0.15) is 0 Å². The summed E-state index contributed by atoms with van der Waals surface area (Å²) in [5, 5.41) is 4.67. The molecule has 7 aromatic rings. The second-order valence-corrected chi connectivity index (χ2v) is 13.6. The van der Waals surface area contributed by atoms with Gasteiger partial charge < -0.3 is 14.2 Å². The van der Waals surface area contributed by atoms with Crippen LogP contribution in [0.3, 0.4) is 0 Å². The van der Waals surface area contributed by atoms with Gasteiger partial charge in [0.25, 0.3) is 0 Å². The number of hydrogen-bond acceptors (Lipinski definition) is 3. The monoisotopic (exact) mass is 636 g/mol. The van der Waals surface area contributed by atoms with Gasteiger partial charge in [0.05, 0.1) is 14.2 Å². The number of methoxy groups -OCH3 is 2. The highest BCUT2D eigenvalue weighted by Gasteiger charge is 2.44. The van der Waals surface area contributed by atoms with Crippen LogP contribution in [-0.4, -0.2) is 14.2 Å². The number of hydrogen-bond donors (Lipinski definition) is 0. The van der Waals surface area contributed by atoms with Crippen LogP contribution in [0.25, 0.3) is 49.9 Å². The fourth-order valence-corrected chi connectivity index (χ4v) is 8.25. The molecule has 0 amide bonds. The van der Waals surface area contributed by atoms with Crippen molar-refractivity contribution in [2.24, 2.45) is 0 Å². The summed E-state index contributed by atoms with van der Waals surface area (Å²) in [6.45, 7) is 4.66. The first-order chi connectivity index (χ1) is 23.9. The molecular formula is C46H36O3. The topological polar surface area (TPSA) is 27.7 Å². The zero-order chi connectivity index (χ0) is 33.3. The zero-order valence-electron chi connectivity index (χ0n) is 28.1. The fraction of sp³-hybridized carbons (Fsp3) is 0.130. The van der Waals surface area contributed by atoms with Gasteiger partial charge in [-0.25, -0.2) is 0 Å². The first kappa shape index (κ1) is 29.3. The van der Waals surface area contributed by atoms with E-state index in [0.717, 1.165) is 50.3 Å². The van der Waals surface area contributed by atoms with Crippen molar-refractivity contribution < 1.29 is 14.2 Å². The lowest BCUT2D eigenvalue weighted by atomic mass is 9.76. The standard InChI is InChI=1S/C46H36O3/c1-45(2)41-15-8-7-13-38(41)42-37-25-24-34(48-4)28-40(37)44-39(43(42)45)26-27-46(49-44,32-20-22-33(47-3)23-21-32)31-18-16-30(17-19-31)36-14-9-11-29-10-5-6-12-35(29)36/h5-28H,1-4H3. The van der Waals surface area contributed by atoms with Gasteiger partial charge >= 0.3 is 0 Å². The molecule has 1 aliphatic heterocycles. The molecule has 1 atom stereocenters. The van der Waals surface area contributed by atoms with Gasteiger partial charge in [0.1, 0.15) is 17.2 Å². The van der Waals surface area contributed by atoms with Crippen molar-refractivity contribution in [3.63, 3.8) is 0 Å². The van der Waals surface area contributed by atoms with Gasteiger partial charge in [0.2, 0.25) is 0 Å². The molecule has 0 radical (unpaired) electrons. The summed E-state index contributed by atoms with van der Waals surface area (Å²) in [6.07, 6.45) is 4.54. The lowest BCUT2D eigenvalue weighted by molar-refractivity contribution is 0.163. The maximum Gasteiger partial charge on any atom is 0.178 e. The van der Waals surface area contributed by atoms with E-state index in [1.54, 1.807) is 14.2 Å². The van der Waals surface area contributed by atoms with Crippen LogP contribution in [0, 0.1) is 0 Å². The van der Waals surface area contributed by atoms with E-state index in [0.29, 0.717) is 0 Å². The van der Waals surface area contributed by atoms with Crippen LogP contribution in [0.4, 0.5) is 0 Å². The van der Waals surface area contributed by atoms with Gasteiger partial charge in [0.15, 0.2) is 5.60 Å². The minimum absolute atomic E-state index is 0.210. The van der Waals surface area contributed by atoms with E-state index in [9.17, 15) is 0 Å². The Morgan fingerprint density at radius 3 is 2.00 bits per heavy atom. The third-order valence-corrected chi connectivity index (χ3v) is 10.7. The Bertz CT molecular complexity index is 2450. The van der Waals surface area contributed by atoms with E-state index in [1.807, 2.05) is 12.1 Å². The van der Waals surface area contributed by atoms with E-state index in [-0.39, 0.29) is 5.41 Å². The molecule has 0 spiro atoms. The molecule has 1 unspecified atom stereocenters. The highest BCUT2D eigenvalue weighted by atomic mass is 16.5. The average Bonchev–Trinajstić information content (AvgIpc) is 3.41. The van der Waals surface area contributed by atoms with E-state index >= 15 is 0 Å². The third-order valence-electron chi connectivity index (χ3n) is 10.7. The SMILES string of the molecule is COc1ccc(C2(c3ccc(-c4cccc5ccccc45)cc3)C=Cc3c4c(c5ccc(OC)cc5c3O2)-c2ccccc2C4(C)C)cc1. The van der Waals surface area contributed by atoms with Gasteiger partial charge in [-0.15, -0.1) is 0 Å². The molecule has 0 bridgehead atoms. The summed E-state index contributed by atoms with van der Waals surface area (Å²) in [5.41, 5.74) is 9.65. The molecule has 9 rings (SSSR count). The maximum atomic E-state index is 7.53. The van der Waals surface area contributed by atoms with Crippen LogP contribution >= 0.6 is 0 Å². The van der Waals surface area contributed by atoms with Crippen molar-refractivity contribution in [1.29, 1.82) is 0 Å². The molecule has 0 saturated heterocycles. The van der Waals surface area contributed by atoms with E-state index in [1.165, 1.54) is 38.6 Å². The molecule has 1 heterocycles. The van der Waals surface area contributed by atoms with Gasteiger partial charge in [-0.05, 0) is 85.9 Å². The number of benzene rings is 7. The molecule has 0 fully saturated rings. The van der Waals surface area contributed by atoms with Crippen LogP contribution in [-0.2, 0) is 11.0 Å². The lowest BCUT2D eigenvalue weighted by Gasteiger charge is -2.38. The average molecular weight is 637 g/mol. The maximum absolute atomic E-state index is 7.53. The Labute approximate surface area is 287 Å². The largest absolute Gasteiger partial charge is 0.497 e. The van der Waals surface area contributed by atoms with Crippen molar-refractivity contribution >= 4 is 27.6 Å². The van der Waals surface area contributed by atoms with E-state index in [4.69, 9.17) is 14.2 Å². The Balaban J connectivity index is 1.28. The van der Waals surface area contributed by atoms with Crippen molar-refractivity contribution in [2.75, 3.05) is 14.2 Å². The molecule has 7 aromatic carbocycles. The lowest BCUT2D eigenvalue weighted by Crippen LogP contribution is -2.35. The molecule has 49 heavy (non-hydrogen) atoms. The Hall–Kier alpha value is -5.80. The molecule has 1 aliphatic carbocycles. The molecule has 238 valence electrons. The zero-order valence-corrected chi connectivity index (χ0v) is 28.1. The van der Waals surface area contributed by atoms with E-state index < -0.39 is 5.60 Å². The quantitative estimate of drug-likeness (QED) is 0.188. The highest BCUT2D eigenvalue weighted by molar-refractivity contribution is 6.09. The second kappa shape index (κ2) is 10.9. The third kappa shape index (κ3) is 4.28. The first-order valence-electron chi connectivity index (χ1n) is 16.8. The van der Waals surface area contributed by atoms with Crippen LogP contribution in [0.15, 0.2) is 140 Å². The summed E-state index contributed by atoms with van der Waals surface area (Å²) >= 11 is 0. The molecule has 0 N–H and O–H groups in total. The number of rotatable bonds is 5. The summed E-state index contributed by atoms with van der Waals surface area (Å²) in [6, 6.07) is 47.4. The van der Waals surface area contributed by atoms with Crippen molar-refractivity contribution in [2.45, 2.75) is 24.9 Å². The van der Waals surface area contributed by atoms with Crippen molar-refractivity contribution in [3.8, 4) is 39.5 Å². The summed E-state index contributed by atoms with van der Waals surface area (Å²) in [4.78, 5) is 0. The van der Waals surface area contributed by atoms with Crippen LogP contribution in [0.1, 0.15) is 41.7 Å². The van der Waals surface area contributed by atoms with Crippen LogP contribution in [0.2, 0.25) is 0 Å². The smallest absolute Gasteiger partial charge is 0.178 e. The van der Waals surface area contributed by atoms with Gasteiger partial charge in [-0.1, -0.05) is 123 Å². The Morgan fingerprint density at radius 1 is 0.571 bits per heavy atom. The van der Waals surface area contributed by atoms with Crippen molar-refractivity contribution in [3.05, 3.63) is 167 Å². The van der Waals surface area contributed by atoms with E-state index in [2.05, 4.69) is 147 Å². The highest BCUT2D eigenvalue weighted by Crippen LogP contribution is 2.58. The molecule has 0 saturated carbocycles. The first-order valence-corrected chi connectivity index (χ1v) is 16.8. The molecule has 3 nitrogen and oxygen atoms in total. The number of ether oxygens (including phenoxy) is 3. The summed E-state index contributed by atoms with van der Waals surface area (Å²) in [7, 11) is 3.42. The van der Waals surface area contributed by atoms with Gasteiger partial charge in [-0.3, -0.25) is 0 Å². The predicted molar refractivity (Wildman–Crippen MR) is 201 cm³/mol. The minimum Gasteiger partial charge on any atom is -0.497 e. The predicted octanol–water partition coefficient (Wildman–Crippen LogP) is 11.3. The summed E-state index contributed by atoms with van der Waals surface area (Å²) in [5.74, 6) is 2.47. The fourth-order valence-electron chi connectivity index (χ4n) is 8.25. The van der Waals surface area contributed by atoms with Crippen molar-refractivity contribution in [1.82, 2.24) is 0 Å². The van der Waals surface area contributed by atoms with Gasteiger partial charge in [0, 0.05) is 27.5 Å². The molecule has 2 aliphatic rings. The molecular weight excluding hydrogens is 601 g/mol. The number of fused-ring (bicyclic) bond motifs is 9. The Kier molecular flexibility index (Phi) is 6.51. The van der Waals surface area contributed by atoms with Crippen LogP contribution in [0.5, 0.6) is 17.2 Å². The summed E-state index contributed by atoms with van der Waals surface area (Å²) < 4.78 is 18.9. The molecule has 0 aromatic heterocycles. The molecule has 3 heteroatoms. The second-order valence-electron chi connectivity index (χ2n) is 13.6. The Morgan fingerprint density at radius 2 is 1.22 bits per heavy atom. The minimum atomic E-state index is -0.892.